The van der Waals surface area contributed by atoms with Gasteiger partial charge in [0.2, 0.25) is 0 Å². The van der Waals surface area contributed by atoms with Crippen molar-refractivity contribution in [1.29, 1.82) is 0 Å². The van der Waals surface area contributed by atoms with Gasteiger partial charge in [0, 0.05) is 11.1 Å². The van der Waals surface area contributed by atoms with Crippen LogP contribution in [0, 0.1) is 0 Å². The molecular formula is C34H27N2Si. The van der Waals surface area contributed by atoms with Gasteiger partial charge in [0.1, 0.15) is 0 Å². The first kappa shape index (κ1) is 22.8. The Hall–Kier alpha value is -4.60. The summed E-state index contributed by atoms with van der Waals surface area (Å²) in [5.41, 5.74) is 10.7. The molecule has 2 N–H and O–H groups in total. The van der Waals surface area contributed by atoms with Crippen LogP contribution >= 0.6 is 0 Å². The maximum atomic E-state index is 6.76. The van der Waals surface area contributed by atoms with Gasteiger partial charge in [-0.1, -0.05) is 132 Å². The molecule has 0 aliphatic heterocycles. The molecule has 0 heterocycles. The number of nitrogen functional groups attached to an aromatic ring is 1. The van der Waals surface area contributed by atoms with Crippen LogP contribution in [0.5, 0.6) is 0 Å². The summed E-state index contributed by atoms with van der Waals surface area (Å²) in [6, 6.07) is 53.8. The lowest BCUT2D eigenvalue weighted by molar-refractivity contribution is 1.30. The van der Waals surface area contributed by atoms with Crippen molar-refractivity contribution in [3.8, 4) is 0 Å². The van der Waals surface area contributed by atoms with Gasteiger partial charge in [-0.2, -0.15) is 0 Å². The van der Waals surface area contributed by atoms with Crippen molar-refractivity contribution < 1.29 is 0 Å². The number of benzene rings is 6. The molecule has 0 aromatic heterocycles. The minimum atomic E-state index is -1.24. The van der Waals surface area contributed by atoms with Gasteiger partial charge < -0.3 is 10.6 Å². The van der Waals surface area contributed by atoms with Gasteiger partial charge in [0.25, 0.3) is 0 Å². The first-order chi connectivity index (χ1) is 18.3. The van der Waals surface area contributed by atoms with Crippen LogP contribution in [-0.2, 0) is 0 Å². The molecular weight excluding hydrogens is 464 g/mol. The maximum Gasteiger partial charge on any atom is 0.154 e. The summed E-state index contributed by atoms with van der Waals surface area (Å²) in [5, 5.41) is 6.40. The van der Waals surface area contributed by atoms with E-state index in [2.05, 4.69) is 157 Å². The summed E-state index contributed by atoms with van der Waals surface area (Å²) in [7, 11) is -1.24. The summed E-state index contributed by atoms with van der Waals surface area (Å²) in [5.74, 6) is 0. The predicted octanol–water partition coefficient (Wildman–Crippen LogP) is 6.41. The second-order valence-corrected chi connectivity index (χ2v) is 11.5. The highest BCUT2D eigenvalue weighted by Gasteiger charge is 2.23. The zero-order valence-electron chi connectivity index (χ0n) is 20.5. The van der Waals surface area contributed by atoms with Gasteiger partial charge in [0.15, 0.2) is 8.80 Å². The molecule has 0 saturated carbocycles. The minimum Gasteiger partial charge on any atom is -0.397 e. The lowest BCUT2D eigenvalue weighted by Gasteiger charge is -2.29. The summed E-state index contributed by atoms with van der Waals surface area (Å²) < 4.78 is 0. The highest BCUT2D eigenvalue weighted by molar-refractivity contribution is 6.95. The number of nitrogens with zero attached hydrogens (tertiary/aromatic N) is 1. The SMILES string of the molecule is Nc1ccc([Si](c2ccccc2)c2ccccc2)cc1N(c1ccccc1)c1cccc2ccccc12. The number of nitrogens with two attached hydrogens (primary N) is 1. The van der Waals surface area contributed by atoms with Crippen molar-refractivity contribution >= 4 is 57.9 Å². The van der Waals surface area contributed by atoms with E-state index in [-0.39, 0.29) is 0 Å². The Morgan fingerprint density at radius 2 is 1.03 bits per heavy atom. The molecule has 0 amide bonds. The Kier molecular flexibility index (Phi) is 6.28. The zero-order valence-corrected chi connectivity index (χ0v) is 21.5. The van der Waals surface area contributed by atoms with Crippen molar-refractivity contribution in [2.24, 2.45) is 0 Å². The highest BCUT2D eigenvalue weighted by atomic mass is 28.3. The molecule has 6 rings (SSSR count). The molecule has 0 saturated heterocycles. The molecule has 0 fully saturated rings. The van der Waals surface area contributed by atoms with E-state index in [1.807, 2.05) is 0 Å². The molecule has 3 heteroatoms. The number of fused-ring (bicyclic) bond motifs is 1. The van der Waals surface area contributed by atoms with E-state index >= 15 is 0 Å². The van der Waals surface area contributed by atoms with Crippen LogP contribution in [0.15, 0.2) is 152 Å². The number of rotatable bonds is 6. The standard InChI is InChI=1S/C34H27N2Si/c35-32-24-23-30(37(28-17-6-2-7-18-28)29-19-8-3-9-20-29)25-34(32)36(27-15-4-1-5-16-27)33-22-12-14-26-13-10-11-21-31(26)33/h1-25H,35H2. The van der Waals surface area contributed by atoms with E-state index in [0.29, 0.717) is 0 Å². The molecule has 37 heavy (non-hydrogen) atoms. The first-order valence-corrected chi connectivity index (χ1v) is 14.0. The van der Waals surface area contributed by atoms with Crippen molar-refractivity contribution in [1.82, 2.24) is 0 Å². The average molecular weight is 492 g/mol. The number of para-hydroxylation sites is 1. The fourth-order valence-electron chi connectivity index (χ4n) is 4.99. The van der Waals surface area contributed by atoms with Crippen molar-refractivity contribution in [2.45, 2.75) is 0 Å². The largest absolute Gasteiger partial charge is 0.397 e. The quantitative estimate of drug-likeness (QED) is 0.166. The topological polar surface area (TPSA) is 29.3 Å². The highest BCUT2D eigenvalue weighted by Crippen LogP contribution is 2.40. The minimum absolute atomic E-state index is 0.753. The maximum absolute atomic E-state index is 6.76. The molecule has 0 spiro atoms. The third-order valence-corrected chi connectivity index (χ3v) is 9.42. The normalized spacial score (nSPS) is 11.1. The van der Waals surface area contributed by atoms with E-state index in [9.17, 15) is 0 Å². The van der Waals surface area contributed by atoms with Crippen LogP contribution in [0.4, 0.5) is 22.7 Å². The van der Waals surface area contributed by atoms with E-state index in [1.165, 1.54) is 26.3 Å². The van der Waals surface area contributed by atoms with Gasteiger partial charge in [-0.3, -0.25) is 0 Å². The van der Waals surface area contributed by atoms with Gasteiger partial charge >= 0.3 is 0 Å². The lowest BCUT2D eigenvalue weighted by atomic mass is 10.1. The summed E-state index contributed by atoms with van der Waals surface area (Å²) >= 11 is 0. The van der Waals surface area contributed by atoms with E-state index in [1.54, 1.807) is 0 Å². The second-order valence-electron chi connectivity index (χ2n) is 9.05. The molecule has 0 aliphatic carbocycles. The molecule has 0 atom stereocenters. The Labute approximate surface area is 219 Å². The van der Waals surface area contributed by atoms with Gasteiger partial charge in [0.05, 0.1) is 17.1 Å². The third kappa shape index (κ3) is 4.53. The molecule has 2 nitrogen and oxygen atoms in total. The molecule has 177 valence electrons. The van der Waals surface area contributed by atoms with Crippen LogP contribution in [0.1, 0.15) is 0 Å². The zero-order chi connectivity index (χ0) is 25.0. The molecule has 6 aromatic carbocycles. The first-order valence-electron chi connectivity index (χ1n) is 12.5. The van der Waals surface area contributed by atoms with E-state index < -0.39 is 8.80 Å². The van der Waals surface area contributed by atoms with Gasteiger partial charge in [-0.15, -0.1) is 0 Å². The van der Waals surface area contributed by atoms with E-state index in [4.69, 9.17) is 5.73 Å². The molecule has 0 unspecified atom stereocenters. The Morgan fingerprint density at radius 3 is 1.70 bits per heavy atom. The second kappa shape index (κ2) is 10.2. The Bertz CT molecular complexity index is 1590. The molecule has 0 aliphatic rings. The molecule has 6 aromatic rings. The summed E-state index contributed by atoms with van der Waals surface area (Å²) in [4.78, 5) is 2.30. The van der Waals surface area contributed by atoms with Crippen LogP contribution in [0.3, 0.4) is 0 Å². The van der Waals surface area contributed by atoms with Crippen molar-refractivity contribution in [3.05, 3.63) is 152 Å². The number of hydrogen-bond donors (Lipinski definition) is 1. The monoisotopic (exact) mass is 491 g/mol. The van der Waals surface area contributed by atoms with Gasteiger partial charge in [-0.05, 0) is 40.9 Å². The fourth-order valence-corrected chi connectivity index (χ4v) is 7.57. The smallest absolute Gasteiger partial charge is 0.154 e. The Morgan fingerprint density at radius 1 is 0.459 bits per heavy atom. The van der Waals surface area contributed by atoms with Crippen LogP contribution < -0.4 is 26.2 Å². The lowest BCUT2D eigenvalue weighted by Crippen LogP contribution is -2.52. The molecule has 0 bridgehead atoms. The predicted molar refractivity (Wildman–Crippen MR) is 161 cm³/mol. The van der Waals surface area contributed by atoms with Crippen molar-refractivity contribution in [3.63, 3.8) is 0 Å². The number of hydrogen-bond acceptors (Lipinski definition) is 2. The fraction of sp³-hybridized carbons (Fsp3) is 0. The average Bonchev–Trinajstić information content (AvgIpc) is 2.97. The summed E-state index contributed by atoms with van der Waals surface area (Å²) in [6.07, 6.45) is 0. The third-order valence-electron chi connectivity index (χ3n) is 6.71. The van der Waals surface area contributed by atoms with Crippen molar-refractivity contribution in [2.75, 3.05) is 10.6 Å². The molecule has 1 radical (unpaired) electrons. The van der Waals surface area contributed by atoms with Crippen LogP contribution in [0.2, 0.25) is 0 Å². The van der Waals surface area contributed by atoms with Crippen LogP contribution in [0.25, 0.3) is 10.8 Å². The Balaban J connectivity index is 1.58. The number of anilines is 4. The van der Waals surface area contributed by atoms with Crippen LogP contribution in [-0.4, -0.2) is 8.80 Å². The van der Waals surface area contributed by atoms with Gasteiger partial charge in [-0.25, -0.2) is 0 Å². The summed E-state index contributed by atoms with van der Waals surface area (Å²) in [6.45, 7) is 0. The van der Waals surface area contributed by atoms with E-state index in [0.717, 1.165) is 22.7 Å².